The van der Waals surface area contributed by atoms with Gasteiger partial charge in [0.1, 0.15) is 11.4 Å². The zero-order chi connectivity index (χ0) is 15.7. The number of carbonyl (C=O) groups is 1. The fourth-order valence-electron chi connectivity index (χ4n) is 1.17. The fraction of sp³-hybridized carbons (Fsp3) is 0.222. The van der Waals surface area contributed by atoms with Gasteiger partial charge in [0.05, 0.1) is 5.56 Å². The van der Waals surface area contributed by atoms with Crippen LogP contribution in [0.15, 0.2) is 17.0 Å². The minimum atomic E-state index is -4.90. The smallest absolute Gasteiger partial charge is 0.402 e. The van der Waals surface area contributed by atoms with Crippen molar-refractivity contribution in [3.8, 4) is 0 Å². The molecule has 0 heterocycles. The molecule has 0 aliphatic rings. The van der Waals surface area contributed by atoms with Crippen molar-refractivity contribution in [2.24, 2.45) is 0 Å². The van der Waals surface area contributed by atoms with Crippen LogP contribution in [0.4, 0.5) is 17.6 Å². The second-order valence-corrected chi connectivity index (χ2v) is 5.68. The summed E-state index contributed by atoms with van der Waals surface area (Å²) in [6, 6.07) is 1.16. The Morgan fingerprint density at radius 1 is 1.35 bits per heavy atom. The molecule has 0 saturated carbocycles. The average molecular weight is 336 g/mol. The highest BCUT2D eigenvalue weighted by Crippen LogP contribution is 2.24. The number of carboxylic acids is 1. The molecule has 0 unspecified atom stereocenters. The van der Waals surface area contributed by atoms with Crippen molar-refractivity contribution < 1.29 is 35.9 Å². The van der Waals surface area contributed by atoms with Gasteiger partial charge < -0.3 is 5.11 Å². The first-order chi connectivity index (χ1) is 8.94. The van der Waals surface area contributed by atoms with Gasteiger partial charge in [0, 0.05) is 5.02 Å². The highest BCUT2D eigenvalue weighted by molar-refractivity contribution is 7.89. The van der Waals surface area contributed by atoms with Crippen molar-refractivity contribution >= 4 is 27.6 Å². The van der Waals surface area contributed by atoms with Gasteiger partial charge in [0.15, 0.2) is 5.82 Å². The van der Waals surface area contributed by atoms with E-state index in [1.807, 2.05) is 0 Å². The van der Waals surface area contributed by atoms with Gasteiger partial charge >= 0.3 is 12.1 Å². The van der Waals surface area contributed by atoms with Crippen LogP contribution in [0.25, 0.3) is 0 Å². The number of hydrogen-bond acceptors (Lipinski definition) is 3. The topological polar surface area (TPSA) is 83.5 Å². The molecule has 2 N–H and O–H groups in total. The third-order valence-corrected chi connectivity index (χ3v) is 3.61. The minimum absolute atomic E-state index is 0.448. The summed E-state index contributed by atoms with van der Waals surface area (Å²) < 4.78 is 73.7. The van der Waals surface area contributed by atoms with E-state index in [0.717, 1.165) is 4.72 Å². The molecule has 0 atom stereocenters. The first-order valence-corrected chi connectivity index (χ1v) is 6.59. The van der Waals surface area contributed by atoms with Crippen LogP contribution in [-0.2, 0) is 10.0 Å². The summed E-state index contributed by atoms with van der Waals surface area (Å²) >= 11 is 5.42. The number of hydrogen-bond donors (Lipinski definition) is 2. The lowest BCUT2D eigenvalue weighted by atomic mass is 10.2. The predicted molar refractivity (Wildman–Crippen MR) is 59.6 cm³/mol. The molecule has 20 heavy (non-hydrogen) atoms. The van der Waals surface area contributed by atoms with Crippen LogP contribution in [-0.4, -0.2) is 32.2 Å². The number of carboxylic acid groups (broad SMARTS) is 1. The van der Waals surface area contributed by atoms with Crippen molar-refractivity contribution in [1.82, 2.24) is 4.72 Å². The van der Waals surface area contributed by atoms with E-state index in [-0.39, 0.29) is 0 Å². The van der Waals surface area contributed by atoms with Crippen molar-refractivity contribution in [2.75, 3.05) is 6.54 Å². The van der Waals surface area contributed by atoms with Crippen molar-refractivity contribution in [2.45, 2.75) is 11.1 Å². The molecule has 0 fully saturated rings. The first kappa shape index (κ1) is 16.7. The summed E-state index contributed by atoms with van der Waals surface area (Å²) in [4.78, 5) is 9.40. The van der Waals surface area contributed by atoms with E-state index in [1.165, 1.54) is 0 Å². The van der Waals surface area contributed by atoms with Crippen LogP contribution < -0.4 is 4.72 Å². The van der Waals surface area contributed by atoms with E-state index in [0.29, 0.717) is 12.1 Å². The van der Waals surface area contributed by atoms with Crippen molar-refractivity contribution in [1.29, 1.82) is 0 Å². The van der Waals surface area contributed by atoms with E-state index in [1.54, 1.807) is 0 Å². The number of rotatable bonds is 4. The van der Waals surface area contributed by atoms with Gasteiger partial charge in [-0.15, -0.1) is 0 Å². The van der Waals surface area contributed by atoms with E-state index < -0.39 is 50.0 Å². The molecular formula is C9H6ClF4NO4S. The van der Waals surface area contributed by atoms with E-state index in [4.69, 9.17) is 16.7 Å². The molecule has 0 aromatic heterocycles. The normalized spacial score (nSPS) is 12.4. The van der Waals surface area contributed by atoms with Gasteiger partial charge in [0.25, 0.3) is 0 Å². The molecule has 0 aliphatic heterocycles. The van der Waals surface area contributed by atoms with E-state index in [2.05, 4.69) is 0 Å². The van der Waals surface area contributed by atoms with Crippen LogP contribution in [0.5, 0.6) is 0 Å². The average Bonchev–Trinajstić information content (AvgIpc) is 2.28. The van der Waals surface area contributed by atoms with Gasteiger partial charge in [-0.3, -0.25) is 0 Å². The van der Waals surface area contributed by atoms with Crippen molar-refractivity contribution in [3.63, 3.8) is 0 Å². The number of benzene rings is 1. The molecule has 11 heteroatoms. The second kappa shape index (κ2) is 5.54. The number of halogens is 5. The van der Waals surface area contributed by atoms with Gasteiger partial charge in [-0.1, -0.05) is 11.6 Å². The molecule has 0 spiro atoms. The van der Waals surface area contributed by atoms with E-state index >= 15 is 0 Å². The lowest BCUT2D eigenvalue weighted by molar-refractivity contribution is -0.121. The number of alkyl halides is 3. The van der Waals surface area contributed by atoms with Crippen LogP contribution in [0.3, 0.4) is 0 Å². The molecule has 5 nitrogen and oxygen atoms in total. The maximum atomic E-state index is 13.7. The Balaban J connectivity index is 3.29. The third-order valence-electron chi connectivity index (χ3n) is 1.99. The zero-order valence-electron chi connectivity index (χ0n) is 9.33. The summed E-state index contributed by atoms with van der Waals surface area (Å²) in [5.41, 5.74) is -1.06. The summed E-state index contributed by atoms with van der Waals surface area (Å²) in [7, 11) is -4.90. The zero-order valence-corrected chi connectivity index (χ0v) is 10.9. The van der Waals surface area contributed by atoms with Crippen LogP contribution >= 0.6 is 11.6 Å². The van der Waals surface area contributed by atoms with Crippen LogP contribution in [0, 0.1) is 5.82 Å². The number of sulfonamides is 1. The first-order valence-electron chi connectivity index (χ1n) is 4.73. The maximum Gasteiger partial charge on any atom is 0.402 e. The Morgan fingerprint density at radius 3 is 2.35 bits per heavy atom. The summed E-state index contributed by atoms with van der Waals surface area (Å²) in [5, 5.41) is 8.20. The molecule has 0 saturated heterocycles. The Morgan fingerprint density at radius 2 is 1.90 bits per heavy atom. The molecule has 112 valence electrons. The Hall–Kier alpha value is -1.39. The minimum Gasteiger partial charge on any atom is -0.478 e. The highest BCUT2D eigenvalue weighted by atomic mass is 35.5. The molecule has 1 aromatic rings. The summed E-state index contributed by atoms with van der Waals surface area (Å²) in [6.07, 6.45) is -4.85. The molecule has 1 rings (SSSR count). The van der Waals surface area contributed by atoms with Gasteiger partial charge in [0.2, 0.25) is 10.0 Å². The largest absolute Gasteiger partial charge is 0.478 e. The molecular weight excluding hydrogens is 330 g/mol. The van der Waals surface area contributed by atoms with E-state index in [9.17, 15) is 30.8 Å². The second-order valence-electron chi connectivity index (χ2n) is 3.51. The number of nitrogens with one attached hydrogen (secondary N) is 1. The lowest BCUT2D eigenvalue weighted by Crippen LogP contribution is -2.34. The van der Waals surface area contributed by atoms with Crippen LogP contribution in [0.1, 0.15) is 10.4 Å². The SMILES string of the molecule is O=C(O)c1cc(Cl)cc(S(=O)(=O)NCC(F)(F)F)c1F. The Bertz CT molecular complexity index is 644. The molecule has 0 bridgehead atoms. The van der Waals surface area contributed by atoms with Gasteiger partial charge in [-0.25, -0.2) is 22.3 Å². The quantitative estimate of drug-likeness (QED) is 0.825. The van der Waals surface area contributed by atoms with Gasteiger partial charge in [-0.2, -0.15) is 13.2 Å². The lowest BCUT2D eigenvalue weighted by Gasteiger charge is -2.11. The fourth-order valence-corrected chi connectivity index (χ4v) is 2.59. The molecule has 0 amide bonds. The Kier molecular flexibility index (Phi) is 4.62. The van der Waals surface area contributed by atoms with Crippen LogP contribution in [0.2, 0.25) is 5.02 Å². The highest BCUT2D eigenvalue weighted by Gasteiger charge is 2.32. The molecule has 0 aliphatic carbocycles. The summed E-state index contributed by atoms with van der Waals surface area (Å²) in [5.74, 6) is -3.51. The van der Waals surface area contributed by atoms with Crippen molar-refractivity contribution in [3.05, 3.63) is 28.5 Å². The summed E-state index contributed by atoms with van der Waals surface area (Å²) in [6.45, 7) is -1.93. The maximum absolute atomic E-state index is 13.7. The molecule has 1 aromatic carbocycles. The molecule has 0 radical (unpaired) electrons. The standard InChI is InChI=1S/C9H6ClF4NO4S/c10-4-1-5(8(16)17)7(11)6(2-4)20(18,19)15-3-9(12,13)14/h1-2,15H,3H2,(H,16,17). The monoisotopic (exact) mass is 335 g/mol. The third kappa shape index (κ3) is 4.05. The predicted octanol–water partition coefficient (Wildman–Crippen LogP) is 2.02. The Labute approximate surface area is 115 Å². The van der Waals surface area contributed by atoms with Gasteiger partial charge in [-0.05, 0) is 12.1 Å². The number of aromatic carboxylic acids is 1.